The minimum atomic E-state index is -1.58. The van der Waals surface area contributed by atoms with Crippen LogP contribution in [0.5, 0.6) is 0 Å². The van der Waals surface area contributed by atoms with Gasteiger partial charge in [-0.2, -0.15) is 0 Å². The smallest absolute Gasteiger partial charge is 0.408 e. The van der Waals surface area contributed by atoms with Crippen LogP contribution < -0.4 is 10.6 Å². The Kier molecular flexibility index (Phi) is 7.24. The van der Waals surface area contributed by atoms with Gasteiger partial charge in [-0.25, -0.2) is 9.59 Å². The zero-order valence-electron chi connectivity index (χ0n) is 22.6. The molecule has 4 unspecified atom stereocenters. The summed E-state index contributed by atoms with van der Waals surface area (Å²) in [4.78, 5) is 65.1. The molecule has 0 aromatic carbocycles. The average molecular weight is 508 g/mol. The van der Waals surface area contributed by atoms with Crippen molar-refractivity contribution in [1.82, 2.24) is 15.5 Å². The van der Waals surface area contributed by atoms with E-state index in [1.54, 1.807) is 20.8 Å². The van der Waals surface area contributed by atoms with E-state index in [0.717, 1.165) is 12.8 Å². The lowest BCUT2D eigenvalue weighted by Crippen LogP contribution is -2.60. The number of ketones is 1. The standard InChI is InChI=1S/C26H41N3O7/c1-24(2,3)19(28-23(35)36-25(4,5)6)21(32)29-12-14-16(26(14,7)8)17(29)20(31)27-15(11-13-9-10-13)18(30)22(33)34/h13-17,19H,9-12H2,1-8H3,(H,27,31)(H,28,35)(H,33,34)/t14?,15?,16?,17-,19?/m0/s1. The van der Waals surface area contributed by atoms with Crippen molar-refractivity contribution < 1.29 is 33.8 Å². The molecule has 3 N–H and O–H groups in total. The topological polar surface area (TPSA) is 142 Å². The molecule has 0 aromatic rings. The third-order valence-corrected chi connectivity index (χ3v) is 7.64. The molecule has 1 heterocycles. The fraction of sp³-hybridized carbons (Fsp3) is 0.808. The van der Waals surface area contributed by atoms with Gasteiger partial charge < -0.3 is 25.4 Å². The number of rotatable bonds is 8. The van der Waals surface area contributed by atoms with E-state index >= 15 is 0 Å². The first-order valence-corrected chi connectivity index (χ1v) is 12.7. The van der Waals surface area contributed by atoms with Crippen molar-refractivity contribution in [3.05, 3.63) is 0 Å². The summed E-state index contributed by atoms with van der Waals surface area (Å²) in [6.45, 7) is 15.1. The summed E-state index contributed by atoms with van der Waals surface area (Å²) in [5, 5.41) is 14.6. The molecule has 10 heteroatoms. The number of nitrogens with zero attached hydrogens (tertiary/aromatic N) is 1. The molecular weight excluding hydrogens is 466 g/mol. The summed E-state index contributed by atoms with van der Waals surface area (Å²) in [5.41, 5.74) is -1.59. The first kappa shape index (κ1) is 27.9. The van der Waals surface area contributed by atoms with E-state index in [9.17, 15) is 29.1 Å². The van der Waals surface area contributed by atoms with Gasteiger partial charge in [0.2, 0.25) is 11.8 Å². The van der Waals surface area contributed by atoms with E-state index in [-0.39, 0.29) is 29.6 Å². The van der Waals surface area contributed by atoms with Crippen molar-refractivity contribution in [2.75, 3.05) is 6.54 Å². The molecule has 1 aliphatic heterocycles. The summed E-state index contributed by atoms with van der Waals surface area (Å²) in [5.74, 6) is -3.36. The Labute approximate surface area is 212 Å². The monoisotopic (exact) mass is 507 g/mol. The predicted molar refractivity (Wildman–Crippen MR) is 131 cm³/mol. The number of carboxylic acids is 1. The molecule has 3 amide bonds. The number of hydrogen-bond donors (Lipinski definition) is 3. The molecule has 1 saturated heterocycles. The number of amides is 3. The highest BCUT2D eigenvalue weighted by molar-refractivity contribution is 6.35. The highest BCUT2D eigenvalue weighted by atomic mass is 16.6. The lowest BCUT2D eigenvalue weighted by Gasteiger charge is -2.38. The zero-order valence-corrected chi connectivity index (χ0v) is 22.6. The van der Waals surface area contributed by atoms with E-state index in [1.807, 2.05) is 34.6 Å². The zero-order chi connectivity index (χ0) is 27.4. The van der Waals surface area contributed by atoms with E-state index < -0.39 is 58.8 Å². The third-order valence-electron chi connectivity index (χ3n) is 7.64. The van der Waals surface area contributed by atoms with Gasteiger partial charge in [0.15, 0.2) is 0 Å². The number of ether oxygens (including phenoxy) is 1. The van der Waals surface area contributed by atoms with Crippen LogP contribution in [0.25, 0.3) is 0 Å². The van der Waals surface area contributed by atoms with Crippen LogP contribution in [0, 0.1) is 28.6 Å². The maximum atomic E-state index is 13.8. The van der Waals surface area contributed by atoms with Crippen LogP contribution in [0.4, 0.5) is 4.79 Å². The third kappa shape index (κ3) is 6.00. The molecule has 0 radical (unpaired) electrons. The van der Waals surface area contributed by atoms with Crippen LogP contribution in [-0.4, -0.2) is 69.9 Å². The number of alkyl carbamates (subject to hydrolysis) is 1. The van der Waals surface area contributed by atoms with Gasteiger partial charge in [-0.1, -0.05) is 47.5 Å². The first-order valence-electron chi connectivity index (χ1n) is 12.7. The molecule has 5 atom stereocenters. The molecule has 10 nitrogen and oxygen atoms in total. The number of fused-ring (bicyclic) bond motifs is 1. The van der Waals surface area contributed by atoms with Gasteiger partial charge in [0.25, 0.3) is 5.78 Å². The summed E-state index contributed by atoms with van der Waals surface area (Å²) in [6, 6.07) is -2.93. The first-order chi connectivity index (χ1) is 16.3. The summed E-state index contributed by atoms with van der Waals surface area (Å²) < 4.78 is 5.36. The lowest BCUT2D eigenvalue weighted by atomic mass is 9.85. The lowest BCUT2D eigenvalue weighted by molar-refractivity contribution is -0.151. The molecule has 3 rings (SSSR count). The molecular formula is C26H41N3O7. The van der Waals surface area contributed by atoms with Gasteiger partial charge >= 0.3 is 12.1 Å². The van der Waals surface area contributed by atoms with E-state index in [4.69, 9.17) is 4.74 Å². The molecule has 3 fully saturated rings. The summed E-state index contributed by atoms with van der Waals surface area (Å²) in [6.07, 6.45) is 1.35. The molecule has 2 saturated carbocycles. The Balaban J connectivity index is 1.83. The number of hydrogen-bond acceptors (Lipinski definition) is 6. The second kappa shape index (κ2) is 9.34. The fourth-order valence-corrected chi connectivity index (χ4v) is 5.38. The molecule has 0 spiro atoms. The van der Waals surface area contributed by atoms with E-state index in [0.29, 0.717) is 6.54 Å². The van der Waals surface area contributed by atoms with E-state index in [1.165, 1.54) is 4.90 Å². The van der Waals surface area contributed by atoms with E-state index in [2.05, 4.69) is 10.6 Å². The SMILES string of the molecule is CC(C)(C)OC(=O)NC(C(=O)N1CC2C([C@H]1C(=O)NC(CC1CC1)C(=O)C(=O)O)C2(C)C)C(C)(C)C. The Hall–Kier alpha value is -2.65. The van der Waals surface area contributed by atoms with Crippen LogP contribution in [-0.2, 0) is 23.9 Å². The van der Waals surface area contributed by atoms with Gasteiger partial charge in [-0.3, -0.25) is 14.4 Å². The van der Waals surface area contributed by atoms with Gasteiger partial charge in [0.05, 0.1) is 6.04 Å². The van der Waals surface area contributed by atoms with Gasteiger partial charge in [-0.15, -0.1) is 0 Å². The Bertz CT molecular complexity index is 942. The van der Waals surface area contributed by atoms with Crippen LogP contribution in [0.2, 0.25) is 0 Å². The highest BCUT2D eigenvalue weighted by Crippen LogP contribution is 2.65. The average Bonchev–Trinajstić information content (AvgIpc) is 3.55. The predicted octanol–water partition coefficient (Wildman–Crippen LogP) is 2.35. The maximum Gasteiger partial charge on any atom is 0.408 e. The van der Waals surface area contributed by atoms with Crippen LogP contribution in [0.15, 0.2) is 0 Å². The molecule has 202 valence electrons. The number of nitrogens with one attached hydrogen (secondary N) is 2. The molecule has 36 heavy (non-hydrogen) atoms. The number of likely N-dealkylation sites (tertiary alicyclic amines) is 1. The number of carboxylic acid groups (broad SMARTS) is 1. The van der Waals surface area contributed by atoms with Crippen molar-refractivity contribution in [3.8, 4) is 0 Å². The minimum absolute atomic E-state index is 0.0939. The molecule has 0 aromatic heterocycles. The normalized spacial score (nSPS) is 26.3. The molecule has 0 bridgehead atoms. The van der Waals surface area contributed by atoms with Crippen molar-refractivity contribution in [2.24, 2.45) is 28.6 Å². The second-order valence-electron chi connectivity index (χ2n) is 13.2. The molecule has 2 aliphatic carbocycles. The number of aliphatic carboxylic acids is 1. The van der Waals surface area contributed by atoms with Crippen LogP contribution in [0.1, 0.15) is 74.7 Å². The maximum absolute atomic E-state index is 13.8. The molecule has 3 aliphatic rings. The number of carbonyl (C=O) groups is 5. The Morgan fingerprint density at radius 3 is 2.08 bits per heavy atom. The van der Waals surface area contributed by atoms with Crippen molar-refractivity contribution in [1.29, 1.82) is 0 Å². The second-order valence-corrected chi connectivity index (χ2v) is 13.2. The largest absolute Gasteiger partial charge is 0.475 e. The quantitative estimate of drug-likeness (QED) is 0.428. The minimum Gasteiger partial charge on any atom is -0.475 e. The number of Topliss-reactive ketones (excluding diaryl/α,β-unsaturated/α-hetero) is 1. The fourth-order valence-electron chi connectivity index (χ4n) is 5.38. The number of carbonyl (C=O) groups excluding carboxylic acids is 4. The Morgan fingerprint density at radius 2 is 1.61 bits per heavy atom. The number of piperidine rings is 1. The van der Waals surface area contributed by atoms with Gasteiger partial charge in [0, 0.05) is 6.54 Å². The summed E-state index contributed by atoms with van der Waals surface area (Å²) >= 11 is 0. The van der Waals surface area contributed by atoms with Crippen LogP contribution >= 0.6 is 0 Å². The van der Waals surface area contributed by atoms with Crippen molar-refractivity contribution in [2.45, 2.75) is 98.4 Å². The van der Waals surface area contributed by atoms with Crippen molar-refractivity contribution in [3.63, 3.8) is 0 Å². The van der Waals surface area contributed by atoms with Gasteiger partial charge in [-0.05, 0) is 55.8 Å². The van der Waals surface area contributed by atoms with Crippen molar-refractivity contribution >= 4 is 29.7 Å². The summed E-state index contributed by atoms with van der Waals surface area (Å²) in [7, 11) is 0. The van der Waals surface area contributed by atoms with Gasteiger partial charge in [0.1, 0.15) is 17.7 Å². The highest BCUT2D eigenvalue weighted by Gasteiger charge is 2.70. The Morgan fingerprint density at radius 1 is 1.03 bits per heavy atom. The van der Waals surface area contributed by atoms with Crippen LogP contribution in [0.3, 0.4) is 0 Å².